The Balaban J connectivity index is 0.000000147. The number of aromatic nitrogens is 8. The van der Waals surface area contributed by atoms with Gasteiger partial charge < -0.3 is 19.2 Å². The number of pyridine rings is 4. The molecule has 8 heterocycles. The normalized spacial score (nSPS) is 16.1. The number of allylic oxidation sites excluding steroid dienone is 4. The van der Waals surface area contributed by atoms with Gasteiger partial charge in [-0.3, -0.25) is 4.79 Å². The molecule has 0 saturated heterocycles. The van der Waals surface area contributed by atoms with Crippen molar-refractivity contribution < 1.29 is 4.79 Å². The lowest BCUT2D eigenvalue weighted by molar-refractivity contribution is -0.120. The highest BCUT2D eigenvalue weighted by molar-refractivity contribution is 9.11. The minimum atomic E-state index is -1.79. The molecule has 0 unspecified atom stereocenters. The van der Waals surface area contributed by atoms with Crippen molar-refractivity contribution in [2.24, 2.45) is 0 Å². The van der Waals surface area contributed by atoms with Crippen LogP contribution in [0.1, 0.15) is 180 Å². The van der Waals surface area contributed by atoms with E-state index >= 15 is 0 Å². The molecule has 0 atom stereocenters. The van der Waals surface area contributed by atoms with Crippen molar-refractivity contribution in [3.63, 3.8) is 0 Å². The number of nitrogens with zero attached hydrogens (tertiary/aromatic N) is 5. The minimum absolute atomic E-state index is 0.464. The van der Waals surface area contributed by atoms with Gasteiger partial charge in [0.05, 0.1) is 0 Å². The average molecular weight is 1340 g/mol. The Morgan fingerprint density at radius 2 is 1.01 bits per heavy atom. The van der Waals surface area contributed by atoms with E-state index in [2.05, 4.69) is 200 Å². The summed E-state index contributed by atoms with van der Waals surface area (Å²) in [4.78, 5) is 37.8. The number of ketones is 1. The van der Waals surface area contributed by atoms with Gasteiger partial charge in [0.2, 0.25) is 0 Å². The molecule has 2 fully saturated rings. The van der Waals surface area contributed by atoms with E-state index in [1.165, 1.54) is 140 Å². The second-order valence-corrected chi connectivity index (χ2v) is 31.2. The molecule has 8 aromatic rings. The second-order valence-electron chi connectivity index (χ2n) is 21.8. The predicted octanol–water partition coefficient (Wildman–Crippen LogP) is 21.1. The van der Waals surface area contributed by atoms with Crippen molar-refractivity contribution in [2.45, 2.75) is 180 Å². The fraction of sp³-hybridized carbons (Fsp3) is 0.468. The monoisotopic (exact) mass is 1330 g/mol. The largest absolute Gasteiger partial charge is 0.358 e. The Hall–Kier alpha value is -3.66. The van der Waals surface area contributed by atoms with Crippen molar-refractivity contribution in [1.82, 2.24) is 39.1 Å². The van der Waals surface area contributed by atoms with Crippen molar-refractivity contribution >= 4 is 145 Å². The fourth-order valence-corrected chi connectivity index (χ4v) is 20.4. The first-order chi connectivity index (χ1) is 37.2. The molecule has 0 spiro atoms. The number of Topliss-reactive ketones (excluding diaryl/α,β-unsaturated/α-hetero) is 1. The van der Waals surface area contributed by atoms with Crippen LogP contribution in [0.15, 0.2) is 110 Å². The van der Waals surface area contributed by atoms with Crippen LogP contribution in [0.5, 0.6) is 0 Å². The smallest absolute Gasteiger partial charge is 0.171 e. The number of fused-ring (bicyclic) bond motifs is 4. The molecule has 0 radical (unpaired) electrons. The Morgan fingerprint density at radius 3 is 1.48 bits per heavy atom. The van der Waals surface area contributed by atoms with Crippen molar-refractivity contribution in [3.05, 3.63) is 127 Å². The zero-order valence-corrected chi connectivity index (χ0v) is 54.3. The molecule has 0 aliphatic heterocycles. The number of hydrogen-bond acceptors (Lipinski definition) is 5. The maximum absolute atomic E-state index is 10.5. The summed E-state index contributed by atoms with van der Waals surface area (Å²) >= 11 is 18.6. The van der Waals surface area contributed by atoms with E-state index in [9.17, 15) is 4.79 Å². The van der Waals surface area contributed by atoms with Gasteiger partial charge >= 0.3 is 0 Å². The molecule has 77 heavy (non-hydrogen) atoms. The molecule has 0 amide bonds. The summed E-state index contributed by atoms with van der Waals surface area (Å²) in [5, 5.41) is 4.98. The first-order valence-corrected chi connectivity index (χ1v) is 34.1. The van der Waals surface area contributed by atoms with Crippen LogP contribution in [0, 0.1) is 0 Å². The fourth-order valence-electron chi connectivity index (χ4n) is 12.5. The number of rotatable bonds is 7. The molecule has 3 N–H and O–H groups in total. The summed E-state index contributed by atoms with van der Waals surface area (Å²) in [7, 11) is -1.79. The number of hydrogen-bond donors (Lipinski definition) is 3. The summed E-state index contributed by atoms with van der Waals surface area (Å²) in [6.45, 7) is 14.6. The van der Waals surface area contributed by atoms with Gasteiger partial charge in [0.1, 0.15) is 28.4 Å². The number of aromatic amines is 3. The SMILES string of the molecule is Brc1cnc2[nH]cc(C3=CCCCC3)c2c1.Brc1cnc2[nH]cc(C3=CCCCC3)c2c1.Brc1cnc2[nH]ccc2c1.CC(C)[Si](C(C)C)(C(C)C)n1cc(C2CCCCC2)c2cc(Br)cnc21.CCl.O=C1CCCCC1. The van der Waals surface area contributed by atoms with E-state index in [-0.39, 0.29) is 0 Å². The van der Waals surface area contributed by atoms with Gasteiger partial charge in [0.25, 0.3) is 0 Å². The van der Waals surface area contributed by atoms with Gasteiger partial charge in [-0.05, 0) is 210 Å². The molecular formula is C62H79Br4ClN8OSi. The highest BCUT2D eigenvalue weighted by atomic mass is 79.9. The maximum Gasteiger partial charge on any atom is 0.171 e. The van der Waals surface area contributed by atoms with E-state index < -0.39 is 8.24 Å². The van der Waals surface area contributed by atoms with E-state index in [0.29, 0.717) is 28.3 Å². The van der Waals surface area contributed by atoms with Gasteiger partial charge in [0.15, 0.2) is 8.24 Å². The van der Waals surface area contributed by atoms with Gasteiger partial charge in [-0.25, -0.2) is 19.9 Å². The highest BCUT2D eigenvalue weighted by Gasteiger charge is 2.46. The van der Waals surface area contributed by atoms with Crippen LogP contribution in [0.25, 0.3) is 55.3 Å². The quantitative estimate of drug-likeness (QED) is 0.108. The Bertz CT molecular complexity index is 3100. The van der Waals surface area contributed by atoms with Gasteiger partial charge in [-0.1, -0.05) is 79.4 Å². The van der Waals surface area contributed by atoms with Crippen LogP contribution in [-0.4, -0.2) is 59.5 Å². The number of H-pyrrole nitrogens is 3. The van der Waals surface area contributed by atoms with E-state index in [1.807, 2.05) is 36.9 Å². The van der Waals surface area contributed by atoms with Crippen LogP contribution in [-0.2, 0) is 4.79 Å². The molecular weight excluding hydrogens is 1260 g/mol. The van der Waals surface area contributed by atoms with Crippen molar-refractivity contribution in [1.29, 1.82) is 0 Å². The third kappa shape index (κ3) is 15.4. The molecule has 4 aliphatic rings. The summed E-state index contributed by atoms with van der Waals surface area (Å²) in [5.74, 6) is 1.17. The van der Waals surface area contributed by atoms with Gasteiger partial charge in [0, 0.05) is 119 Å². The molecule has 8 aromatic heterocycles. The van der Waals surface area contributed by atoms with Crippen LogP contribution in [0.3, 0.4) is 0 Å². The Labute approximate surface area is 497 Å². The van der Waals surface area contributed by atoms with E-state index in [1.54, 1.807) is 11.8 Å². The lowest BCUT2D eigenvalue weighted by atomic mass is 9.84. The van der Waals surface area contributed by atoms with Crippen LogP contribution in [0.2, 0.25) is 16.6 Å². The molecule has 15 heteroatoms. The standard InChI is InChI=1S/C22H35BrN2Si.2C13H13BrN2.C7H5BrN2.C6H10O.CH3Cl/c1-15(2)26(16(3)4,17(5)6)25-14-21(18-10-8-7-9-11-18)20-12-19(23)13-24-22(20)25;2*14-10-6-11-12(8-16-13(11)15-7-10)9-4-2-1-3-5-9;8-6-3-5-1-2-9-7(5)10-4-6;7-6-4-2-1-3-5-6;1-2/h12-18H,7-11H2,1-6H3;2*4,6-8H,1-3,5H2,(H,15,16);1-4H,(H,9,10);1-5H2;1H3. The number of carbonyl (C=O) groups excluding carboxylic acids is 1. The summed E-state index contributed by atoms with van der Waals surface area (Å²) in [5.41, 5.74) is 13.3. The van der Waals surface area contributed by atoms with Crippen molar-refractivity contribution in [3.8, 4) is 0 Å². The zero-order chi connectivity index (χ0) is 55.1. The predicted molar refractivity (Wildman–Crippen MR) is 344 cm³/mol. The molecule has 412 valence electrons. The third-order valence-electron chi connectivity index (χ3n) is 15.9. The average Bonchev–Trinajstić information content (AvgIpc) is 4.28. The molecule has 0 aromatic carbocycles. The molecule has 9 nitrogen and oxygen atoms in total. The summed E-state index contributed by atoms with van der Waals surface area (Å²) in [6, 6.07) is 10.6. The topological polar surface area (TPSA) is 121 Å². The summed E-state index contributed by atoms with van der Waals surface area (Å²) < 4.78 is 6.90. The van der Waals surface area contributed by atoms with Crippen LogP contribution in [0.4, 0.5) is 0 Å². The van der Waals surface area contributed by atoms with Crippen LogP contribution >= 0.6 is 75.3 Å². The highest BCUT2D eigenvalue weighted by Crippen LogP contribution is 2.47. The minimum Gasteiger partial charge on any atom is -0.358 e. The lowest BCUT2D eigenvalue weighted by Crippen LogP contribution is -2.51. The number of halogens is 5. The number of carbonyl (C=O) groups is 1. The van der Waals surface area contributed by atoms with Gasteiger partial charge in [-0.15, -0.1) is 11.6 Å². The lowest BCUT2D eigenvalue weighted by Gasteiger charge is -2.44. The molecule has 4 aliphatic carbocycles. The van der Waals surface area contributed by atoms with Crippen molar-refractivity contribution in [2.75, 3.05) is 6.38 Å². The number of alkyl halides is 1. The van der Waals surface area contributed by atoms with Gasteiger partial charge in [-0.2, -0.15) is 0 Å². The molecule has 0 bridgehead atoms. The summed E-state index contributed by atoms with van der Waals surface area (Å²) in [6.07, 6.45) is 44.4. The number of nitrogens with one attached hydrogen (secondary N) is 3. The van der Waals surface area contributed by atoms with E-state index in [0.717, 1.165) is 65.9 Å². The Kier molecular flexibility index (Phi) is 23.5. The zero-order valence-electron chi connectivity index (χ0n) is 46.2. The first-order valence-electron chi connectivity index (χ1n) is 28.0. The molecule has 12 rings (SSSR count). The van der Waals surface area contributed by atoms with E-state index in [4.69, 9.17) is 4.98 Å². The third-order valence-corrected chi connectivity index (χ3v) is 24.4. The molecule has 2 saturated carbocycles. The second kappa shape index (κ2) is 29.7. The first kappa shape index (κ1) is 61.0. The Morgan fingerprint density at radius 1 is 0.558 bits per heavy atom. The maximum atomic E-state index is 10.5. The van der Waals surface area contributed by atoms with Crippen LogP contribution < -0.4 is 0 Å².